The van der Waals surface area contributed by atoms with Gasteiger partial charge < -0.3 is 15.2 Å². The van der Waals surface area contributed by atoms with E-state index in [0.29, 0.717) is 12.1 Å². The summed E-state index contributed by atoms with van der Waals surface area (Å²) in [6.07, 6.45) is 6.26. The Balaban J connectivity index is 0.00000156. The van der Waals surface area contributed by atoms with Gasteiger partial charge in [-0.15, -0.1) is 12.4 Å². The van der Waals surface area contributed by atoms with Gasteiger partial charge >= 0.3 is 0 Å². The van der Waals surface area contributed by atoms with Crippen LogP contribution < -0.4 is 5.32 Å². The molecule has 25 heavy (non-hydrogen) atoms. The number of hydrogen-bond acceptors (Lipinski definition) is 5. The van der Waals surface area contributed by atoms with Crippen molar-refractivity contribution in [3.8, 4) is 5.75 Å². The highest BCUT2D eigenvalue weighted by Gasteiger charge is 2.16. The van der Waals surface area contributed by atoms with Crippen LogP contribution in [0.1, 0.15) is 37.9 Å². The fourth-order valence-corrected chi connectivity index (χ4v) is 3.06. The van der Waals surface area contributed by atoms with E-state index in [4.69, 9.17) is 4.74 Å². The van der Waals surface area contributed by atoms with E-state index in [-0.39, 0.29) is 25.6 Å². The van der Waals surface area contributed by atoms with Gasteiger partial charge in [-0.1, -0.05) is 7.43 Å². The number of ether oxygens (including phenoxy) is 1. The SMILES string of the molecule is C.Cc1cc(Nc2ncc(Br)c(CCC3CCCO3)n2)ccc1O.Cl. The van der Waals surface area contributed by atoms with Crippen molar-refractivity contribution in [1.29, 1.82) is 0 Å². The number of aromatic hydroxyl groups is 1. The Kier molecular flexibility index (Phi) is 8.62. The van der Waals surface area contributed by atoms with Gasteiger partial charge in [0.2, 0.25) is 5.95 Å². The minimum absolute atomic E-state index is 0. The summed E-state index contributed by atoms with van der Waals surface area (Å²) in [6, 6.07) is 5.33. The predicted octanol–water partition coefficient (Wildman–Crippen LogP) is 5.17. The molecule has 1 fully saturated rings. The van der Waals surface area contributed by atoms with Crippen LogP contribution in [0.25, 0.3) is 0 Å². The lowest BCUT2D eigenvalue weighted by molar-refractivity contribution is 0.104. The van der Waals surface area contributed by atoms with Gasteiger partial charge in [0, 0.05) is 18.5 Å². The van der Waals surface area contributed by atoms with E-state index in [2.05, 4.69) is 31.2 Å². The largest absolute Gasteiger partial charge is 0.508 e. The van der Waals surface area contributed by atoms with E-state index < -0.39 is 0 Å². The highest BCUT2D eigenvalue weighted by atomic mass is 79.9. The molecule has 5 nitrogen and oxygen atoms in total. The van der Waals surface area contributed by atoms with E-state index in [9.17, 15) is 5.11 Å². The molecule has 1 aliphatic heterocycles. The molecule has 1 aromatic carbocycles. The summed E-state index contributed by atoms with van der Waals surface area (Å²) in [4.78, 5) is 8.90. The Labute approximate surface area is 163 Å². The molecule has 1 aromatic heterocycles. The van der Waals surface area contributed by atoms with Crippen LogP contribution >= 0.6 is 28.3 Å². The number of halogens is 2. The van der Waals surface area contributed by atoms with Crippen molar-refractivity contribution < 1.29 is 9.84 Å². The van der Waals surface area contributed by atoms with Gasteiger partial charge in [0.1, 0.15) is 5.75 Å². The highest BCUT2D eigenvalue weighted by Crippen LogP contribution is 2.24. The van der Waals surface area contributed by atoms with Crippen molar-refractivity contribution in [2.24, 2.45) is 0 Å². The lowest BCUT2D eigenvalue weighted by Crippen LogP contribution is -2.08. The summed E-state index contributed by atoms with van der Waals surface area (Å²) in [5.41, 5.74) is 2.65. The van der Waals surface area contributed by atoms with E-state index in [1.165, 1.54) is 0 Å². The molecule has 3 rings (SSSR count). The van der Waals surface area contributed by atoms with Crippen molar-refractivity contribution in [1.82, 2.24) is 9.97 Å². The van der Waals surface area contributed by atoms with Crippen molar-refractivity contribution in [2.75, 3.05) is 11.9 Å². The molecule has 0 radical (unpaired) electrons. The fraction of sp³-hybridized carbons (Fsp3) is 0.444. The molecule has 138 valence electrons. The molecule has 0 spiro atoms. The smallest absolute Gasteiger partial charge is 0.227 e. The number of nitrogens with one attached hydrogen (secondary N) is 1. The molecular formula is C18H25BrClN3O2. The highest BCUT2D eigenvalue weighted by molar-refractivity contribution is 9.10. The van der Waals surface area contributed by atoms with Gasteiger partial charge in [0.25, 0.3) is 0 Å². The predicted molar refractivity (Wildman–Crippen MR) is 107 cm³/mol. The molecule has 0 bridgehead atoms. The first-order chi connectivity index (χ1) is 11.1. The number of phenols is 1. The summed E-state index contributed by atoms with van der Waals surface area (Å²) in [6.45, 7) is 2.73. The molecule has 7 heteroatoms. The van der Waals surface area contributed by atoms with Crippen LogP contribution in [-0.2, 0) is 11.2 Å². The van der Waals surface area contributed by atoms with Crippen LogP contribution in [0.4, 0.5) is 11.6 Å². The Morgan fingerprint density at radius 3 is 2.88 bits per heavy atom. The summed E-state index contributed by atoms with van der Waals surface area (Å²) in [5, 5.41) is 12.8. The summed E-state index contributed by atoms with van der Waals surface area (Å²) < 4.78 is 6.59. The second-order valence-corrected chi connectivity index (χ2v) is 6.64. The number of benzene rings is 1. The monoisotopic (exact) mass is 429 g/mol. The van der Waals surface area contributed by atoms with Crippen LogP contribution in [0.3, 0.4) is 0 Å². The van der Waals surface area contributed by atoms with Crippen LogP contribution in [-0.4, -0.2) is 27.8 Å². The Morgan fingerprint density at radius 2 is 2.20 bits per heavy atom. The molecule has 0 amide bonds. The lowest BCUT2D eigenvalue weighted by Gasteiger charge is -2.11. The molecule has 1 unspecified atom stereocenters. The summed E-state index contributed by atoms with van der Waals surface area (Å²) in [5.74, 6) is 0.838. The maximum Gasteiger partial charge on any atom is 0.227 e. The van der Waals surface area contributed by atoms with Crippen LogP contribution in [0.15, 0.2) is 28.9 Å². The van der Waals surface area contributed by atoms with Gasteiger partial charge in [0.05, 0.1) is 16.3 Å². The summed E-state index contributed by atoms with van der Waals surface area (Å²) >= 11 is 3.52. The molecule has 2 heterocycles. The average Bonchev–Trinajstić information content (AvgIpc) is 3.05. The average molecular weight is 431 g/mol. The van der Waals surface area contributed by atoms with E-state index in [0.717, 1.165) is 53.7 Å². The zero-order valence-corrected chi connectivity index (χ0v) is 15.9. The standard InChI is InChI=1S/C17H20BrN3O2.CH4.ClH/c1-11-9-12(4-7-16(11)22)20-17-19-10-14(18)15(21-17)6-5-13-3-2-8-23-13;;/h4,7,9-10,13,22H,2-3,5-6,8H2,1H3,(H,19,20,21);1H4;1H. The Hall–Kier alpha value is -1.37. The molecule has 0 saturated carbocycles. The minimum atomic E-state index is 0. The molecule has 0 aliphatic carbocycles. The van der Waals surface area contributed by atoms with Gasteiger partial charge in [-0.3, -0.25) is 0 Å². The number of hydrogen-bond donors (Lipinski definition) is 2. The van der Waals surface area contributed by atoms with E-state index in [1.54, 1.807) is 18.3 Å². The number of phenolic OH excluding ortho intramolecular Hbond substituents is 1. The van der Waals surface area contributed by atoms with Gasteiger partial charge in [-0.2, -0.15) is 0 Å². The Morgan fingerprint density at radius 1 is 1.40 bits per heavy atom. The third-order valence-electron chi connectivity index (χ3n) is 4.00. The lowest BCUT2D eigenvalue weighted by atomic mass is 10.1. The molecule has 1 saturated heterocycles. The van der Waals surface area contributed by atoms with Crippen LogP contribution in [0.5, 0.6) is 5.75 Å². The van der Waals surface area contributed by atoms with Crippen LogP contribution in [0.2, 0.25) is 0 Å². The van der Waals surface area contributed by atoms with E-state index in [1.807, 2.05) is 13.0 Å². The van der Waals surface area contributed by atoms with Crippen molar-refractivity contribution in [2.45, 2.75) is 46.1 Å². The molecule has 1 aliphatic rings. The minimum Gasteiger partial charge on any atom is -0.508 e. The van der Waals surface area contributed by atoms with Crippen molar-refractivity contribution in [3.05, 3.63) is 40.1 Å². The van der Waals surface area contributed by atoms with Crippen LogP contribution in [0, 0.1) is 6.92 Å². The third kappa shape index (κ3) is 5.83. The second-order valence-electron chi connectivity index (χ2n) is 5.79. The number of anilines is 2. The zero-order chi connectivity index (χ0) is 16.2. The fourth-order valence-electron chi connectivity index (χ4n) is 2.67. The van der Waals surface area contributed by atoms with Crippen molar-refractivity contribution >= 4 is 40.0 Å². The second kappa shape index (κ2) is 9.94. The van der Waals surface area contributed by atoms with Crippen molar-refractivity contribution in [3.63, 3.8) is 0 Å². The summed E-state index contributed by atoms with van der Waals surface area (Å²) in [7, 11) is 0. The maximum atomic E-state index is 9.59. The zero-order valence-electron chi connectivity index (χ0n) is 13.5. The maximum absolute atomic E-state index is 9.59. The number of aromatic nitrogens is 2. The normalized spacial score (nSPS) is 16.0. The quantitative estimate of drug-likeness (QED) is 0.641. The third-order valence-corrected chi connectivity index (χ3v) is 4.66. The Bertz CT molecular complexity index is 694. The molecular weight excluding hydrogens is 406 g/mol. The molecule has 2 aromatic rings. The van der Waals surface area contributed by atoms with Gasteiger partial charge in [-0.05, 0) is 72.3 Å². The van der Waals surface area contributed by atoms with Gasteiger partial charge in [-0.25, -0.2) is 9.97 Å². The van der Waals surface area contributed by atoms with Gasteiger partial charge in [0.15, 0.2) is 0 Å². The first-order valence-corrected chi connectivity index (χ1v) is 8.61. The number of nitrogens with zero attached hydrogens (tertiary/aromatic N) is 2. The van der Waals surface area contributed by atoms with E-state index >= 15 is 0 Å². The first-order valence-electron chi connectivity index (χ1n) is 7.81. The molecule has 2 N–H and O–H groups in total. The number of rotatable bonds is 5. The molecule has 1 atom stereocenters. The topological polar surface area (TPSA) is 67.3 Å². The first kappa shape index (κ1) is 21.7. The number of aryl methyl sites for hydroxylation is 2.